The number of imidazole rings is 1. The Balaban J connectivity index is 1.49. The number of benzene rings is 2. The van der Waals surface area contributed by atoms with Gasteiger partial charge in [0, 0.05) is 12.0 Å². The van der Waals surface area contributed by atoms with Crippen molar-refractivity contribution >= 4 is 11.2 Å². The molecule has 2 heterocycles. The van der Waals surface area contributed by atoms with Crippen molar-refractivity contribution in [2.24, 2.45) is 0 Å². The summed E-state index contributed by atoms with van der Waals surface area (Å²) in [7, 11) is 0. The second kappa shape index (κ2) is 7.76. The predicted molar refractivity (Wildman–Crippen MR) is 103 cm³/mol. The Labute approximate surface area is 161 Å². The number of nitrogens with one attached hydrogen (secondary N) is 1. The molecule has 4 aromatic rings. The van der Waals surface area contributed by atoms with Crippen molar-refractivity contribution < 1.29 is 13.5 Å². The van der Waals surface area contributed by atoms with Crippen LogP contribution in [0.4, 0.5) is 8.78 Å². The highest BCUT2D eigenvalue weighted by atomic mass is 19.1. The lowest BCUT2D eigenvalue weighted by Gasteiger charge is -2.14. The summed E-state index contributed by atoms with van der Waals surface area (Å²) in [6, 6.07) is 15.4. The van der Waals surface area contributed by atoms with E-state index in [2.05, 4.69) is 21.9 Å². The molecule has 28 heavy (non-hydrogen) atoms. The van der Waals surface area contributed by atoms with E-state index in [1.807, 2.05) is 24.3 Å². The van der Waals surface area contributed by atoms with Crippen LogP contribution in [0.25, 0.3) is 11.2 Å². The van der Waals surface area contributed by atoms with E-state index in [4.69, 9.17) is 4.74 Å². The smallest absolute Gasteiger partial charge is 0.177 e. The molecule has 6 heteroatoms. The fourth-order valence-electron chi connectivity index (χ4n) is 3.19. The minimum atomic E-state index is -0.390. The maximum atomic E-state index is 13.4. The molecule has 142 valence electrons. The Bertz CT molecular complexity index is 1080. The third kappa shape index (κ3) is 3.86. The number of fused-ring (bicyclic) bond motifs is 1. The third-order valence-corrected chi connectivity index (χ3v) is 4.66. The second-order valence-corrected chi connectivity index (χ2v) is 6.59. The molecule has 1 N–H and O–H groups in total. The van der Waals surface area contributed by atoms with Crippen LogP contribution in [-0.4, -0.2) is 15.0 Å². The Hall–Kier alpha value is -3.28. The van der Waals surface area contributed by atoms with Gasteiger partial charge in [-0.05, 0) is 41.8 Å². The molecule has 0 amide bonds. The fourth-order valence-corrected chi connectivity index (χ4v) is 3.19. The zero-order valence-corrected chi connectivity index (χ0v) is 15.3. The summed E-state index contributed by atoms with van der Waals surface area (Å²) in [5.41, 5.74) is 3.08. The van der Waals surface area contributed by atoms with Gasteiger partial charge in [-0.15, -0.1) is 0 Å². The Morgan fingerprint density at radius 2 is 1.75 bits per heavy atom. The Kier molecular flexibility index (Phi) is 5.02. The first-order valence-electron chi connectivity index (χ1n) is 9.10. The number of ether oxygens (including phenoxy) is 1. The largest absolute Gasteiger partial charge is 0.489 e. The van der Waals surface area contributed by atoms with Crippen LogP contribution >= 0.6 is 0 Å². The molecule has 4 nitrogen and oxygen atoms in total. The van der Waals surface area contributed by atoms with Gasteiger partial charge in [0.25, 0.3) is 0 Å². The molecule has 0 radical (unpaired) electrons. The minimum absolute atomic E-state index is 0.0448. The molecule has 0 spiro atoms. The van der Waals surface area contributed by atoms with Crippen LogP contribution in [0.3, 0.4) is 0 Å². The summed E-state index contributed by atoms with van der Waals surface area (Å²) >= 11 is 0. The highest BCUT2D eigenvalue weighted by Crippen LogP contribution is 2.28. The van der Waals surface area contributed by atoms with Crippen molar-refractivity contribution in [2.75, 3.05) is 0 Å². The molecule has 1 atom stereocenters. The number of hydrogen-bond acceptors (Lipinski definition) is 3. The molecular formula is C22H19F2N3O. The first-order valence-corrected chi connectivity index (χ1v) is 9.10. The molecule has 2 aromatic carbocycles. The van der Waals surface area contributed by atoms with Crippen molar-refractivity contribution in [3.8, 4) is 5.75 Å². The minimum Gasteiger partial charge on any atom is -0.489 e. The molecule has 4 rings (SSSR count). The lowest BCUT2D eigenvalue weighted by Crippen LogP contribution is -2.02. The fraction of sp³-hybridized carbons (Fsp3) is 0.182. The number of hydrogen-bond donors (Lipinski definition) is 1. The molecule has 0 aliphatic carbocycles. The molecule has 1 unspecified atom stereocenters. The third-order valence-electron chi connectivity index (χ3n) is 4.66. The van der Waals surface area contributed by atoms with Gasteiger partial charge < -0.3 is 9.72 Å². The molecule has 0 aliphatic heterocycles. The number of H-pyrrole nitrogens is 1. The van der Waals surface area contributed by atoms with Crippen molar-refractivity contribution in [2.45, 2.75) is 25.9 Å². The Morgan fingerprint density at radius 3 is 2.46 bits per heavy atom. The molecule has 0 saturated carbocycles. The first kappa shape index (κ1) is 18.1. The number of rotatable bonds is 6. The Morgan fingerprint density at radius 1 is 1.00 bits per heavy atom. The molecule has 0 aliphatic rings. The van der Waals surface area contributed by atoms with E-state index in [0.29, 0.717) is 17.8 Å². The van der Waals surface area contributed by atoms with Crippen LogP contribution in [0.2, 0.25) is 0 Å². The number of aromatic nitrogens is 3. The van der Waals surface area contributed by atoms with Crippen molar-refractivity contribution in [3.05, 3.63) is 89.4 Å². The van der Waals surface area contributed by atoms with Crippen LogP contribution in [0.5, 0.6) is 5.75 Å². The van der Waals surface area contributed by atoms with Gasteiger partial charge in [0.15, 0.2) is 5.65 Å². The lowest BCUT2D eigenvalue weighted by molar-refractivity contribution is 0.306. The van der Waals surface area contributed by atoms with Gasteiger partial charge >= 0.3 is 0 Å². The van der Waals surface area contributed by atoms with E-state index in [-0.39, 0.29) is 11.7 Å². The zero-order valence-electron chi connectivity index (χ0n) is 15.3. The molecule has 0 saturated heterocycles. The molecule has 2 aromatic heterocycles. The van der Waals surface area contributed by atoms with Crippen molar-refractivity contribution in [3.63, 3.8) is 0 Å². The van der Waals surface area contributed by atoms with Crippen LogP contribution < -0.4 is 4.74 Å². The van der Waals surface area contributed by atoms with E-state index in [0.717, 1.165) is 29.1 Å². The van der Waals surface area contributed by atoms with E-state index in [1.54, 1.807) is 12.1 Å². The quantitative estimate of drug-likeness (QED) is 0.491. The summed E-state index contributed by atoms with van der Waals surface area (Å²) in [6.07, 6.45) is 2.00. The van der Waals surface area contributed by atoms with Crippen molar-refractivity contribution in [1.82, 2.24) is 15.0 Å². The summed E-state index contributed by atoms with van der Waals surface area (Å²) in [4.78, 5) is 11.7. The monoisotopic (exact) mass is 379 g/mol. The SMILES string of the molecule is CCC(c1ccc(OCc2ccc(F)cc2)cc1)c1nc2ncc(F)cc2[nH]1. The number of aromatic amines is 1. The second-order valence-electron chi connectivity index (χ2n) is 6.59. The topological polar surface area (TPSA) is 50.8 Å². The van der Waals surface area contributed by atoms with Gasteiger partial charge in [-0.2, -0.15) is 0 Å². The van der Waals surface area contributed by atoms with Crippen LogP contribution in [-0.2, 0) is 6.61 Å². The van der Waals surface area contributed by atoms with E-state index < -0.39 is 5.82 Å². The zero-order chi connectivity index (χ0) is 19.5. The summed E-state index contributed by atoms with van der Waals surface area (Å²) < 4.78 is 32.1. The average molecular weight is 379 g/mol. The van der Waals surface area contributed by atoms with Gasteiger partial charge in [-0.3, -0.25) is 0 Å². The molecule has 0 fully saturated rings. The van der Waals surface area contributed by atoms with E-state index in [9.17, 15) is 8.78 Å². The molecular weight excluding hydrogens is 360 g/mol. The summed E-state index contributed by atoms with van der Waals surface area (Å²) in [5, 5.41) is 0. The average Bonchev–Trinajstić information content (AvgIpc) is 3.12. The van der Waals surface area contributed by atoms with E-state index >= 15 is 0 Å². The van der Waals surface area contributed by atoms with Crippen LogP contribution in [0.1, 0.15) is 36.2 Å². The predicted octanol–water partition coefficient (Wildman–Crippen LogP) is 5.36. The van der Waals surface area contributed by atoms with E-state index in [1.165, 1.54) is 24.4 Å². The first-order chi connectivity index (χ1) is 13.6. The standard InChI is InChI=1S/C22H19F2N3O/c1-2-19(21-26-20-11-17(24)12-25-22(20)27-21)15-5-9-18(10-6-15)28-13-14-3-7-16(23)8-4-14/h3-12,19H,2,13H2,1H3,(H,25,26,27). The highest BCUT2D eigenvalue weighted by Gasteiger charge is 2.17. The summed E-state index contributed by atoms with van der Waals surface area (Å²) in [6.45, 7) is 2.45. The number of nitrogens with zero attached hydrogens (tertiary/aromatic N) is 2. The number of pyridine rings is 1. The summed E-state index contributed by atoms with van der Waals surface area (Å²) in [5.74, 6) is 0.885. The van der Waals surface area contributed by atoms with Crippen molar-refractivity contribution in [1.29, 1.82) is 0 Å². The van der Waals surface area contributed by atoms with Gasteiger partial charge in [-0.25, -0.2) is 18.7 Å². The van der Waals surface area contributed by atoms with Crippen LogP contribution in [0.15, 0.2) is 60.8 Å². The van der Waals surface area contributed by atoms with Gasteiger partial charge in [-0.1, -0.05) is 31.2 Å². The lowest BCUT2D eigenvalue weighted by atomic mass is 9.96. The van der Waals surface area contributed by atoms with Gasteiger partial charge in [0.1, 0.15) is 29.8 Å². The van der Waals surface area contributed by atoms with Gasteiger partial charge in [0.2, 0.25) is 0 Å². The van der Waals surface area contributed by atoms with Crippen LogP contribution in [0, 0.1) is 11.6 Å². The molecule has 0 bridgehead atoms. The number of halogens is 2. The van der Waals surface area contributed by atoms with Gasteiger partial charge in [0.05, 0.1) is 11.7 Å². The maximum Gasteiger partial charge on any atom is 0.177 e. The maximum absolute atomic E-state index is 13.4. The normalized spacial score (nSPS) is 12.2. The highest BCUT2D eigenvalue weighted by molar-refractivity contribution is 5.70.